The number of esters is 1. The van der Waals surface area contributed by atoms with E-state index in [4.69, 9.17) is 16.3 Å². The van der Waals surface area contributed by atoms with E-state index < -0.39 is 13.2 Å². The van der Waals surface area contributed by atoms with Crippen LogP contribution in [0.5, 0.6) is 5.75 Å². The number of halogens is 2. The molecule has 3 nitrogen and oxygen atoms in total. The maximum atomic E-state index is 14.2. The number of benzene rings is 5. The van der Waals surface area contributed by atoms with Gasteiger partial charge in [0, 0.05) is 5.02 Å². The third-order valence-corrected chi connectivity index (χ3v) is 11.0. The summed E-state index contributed by atoms with van der Waals surface area (Å²) in [7, 11) is -2.44. The molecule has 0 fully saturated rings. The highest BCUT2D eigenvalue weighted by Gasteiger charge is 2.47. The van der Waals surface area contributed by atoms with Crippen LogP contribution in [0, 0.1) is 0 Å². The molecular weight excluding hydrogens is 591 g/mol. The van der Waals surface area contributed by atoms with E-state index in [2.05, 4.69) is 36.4 Å². The SMILES string of the molecule is O=C(Oc1ccc(Cl)cc1C(=O)C[P+](c1ccccc1)(c1ccccc1)c1ccccc1)c1ccccc1.[Br-]. The van der Waals surface area contributed by atoms with Gasteiger partial charge >= 0.3 is 5.97 Å². The molecule has 5 aromatic carbocycles. The molecule has 0 heterocycles. The fraction of sp³-hybridized carbons (Fsp3) is 0.0303. The molecule has 0 aliphatic carbocycles. The third-order valence-electron chi connectivity index (χ3n) is 6.43. The maximum absolute atomic E-state index is 14.2. The second kappa shape index (κ2) is 13.0. The number of rotatable bonds is 8. The summed E-state index contributed by atoms with van der Waals surface area (Å²) in [5, 5.41) is 3.68. The summed E-state index contributed by atoms with van der Waals surface area (Å²) >= 11 is 6.35. The van der Waals surface area contributed by atoms with Crippen molar-refractivity contribution in [2.24, 2.45) is 0 Å². The van der Waals surface area contributed by atoms with E-state index in [0.717, 1.165) is 15.9 Å². The van der Waals surface area contributed by atoms with Crippen molar-refractivity contribution in [2.75, 3.05) is 6.16 Å². The van der Waals surface area contributed by atoms with Gasteiger partial charge in [0.05, 0.1) is 11.1 Å². The predicted octanol–water partition coefficient (Wildman–Crippen LogP) is 3.74. The van der Waals surface area contributed by atoms with Crippen LogP contribution in [0.2, 0.25) is 5.02 Å². The third kappa shape index (κ3) is 6.20. The lowest BCUT2D eigenvalue weighted by Crippen LogP contribution is -3.00. The minimum atomic E-state index is -2.44. The molecule has 0 aliphatic rings. The Hall–Kier alpha value is -3.56. The Kier molecular flexibility index (Phi) is 9.48. The zero-order chi connectivity index (χ0) is 26.4. The molecule has 0 aromatic heterocycles. The Morgan fingerprint density at radius 1 is 0.615 bits per heavy atom. The molecule has 5 rings (SSSR count). The Morgan fingerprint density at radius 3 is 1.51 bits per heavy atom. The topological polar surface area (TPSA) is 43.4 Å². The van der Waals surface area contributed by atoms with Gasteiger partial charge in [-0.15, -0.1) is 0 Å². The Morgan fingerprint density at radius 2 is 1.05 bits per heavy atom. The molecule has 194 valence electrons. The standard InChI is InChI=1S/C33H25ClO3P.BrH/c34-26-21-22-32(37-33(36)25-13-5-1-6-14-25)30(23-26)31(35)24-38(27-15-7-2-8-16-27,28-17-9-3-10-18-28)29-19-11-4-12-20-29;/h1-23H,24H2;1H/q+1;/p-1. The first kappa shape index (κ1) is 28.4. The molecule has 0 aliphatic heterocycles. The van der Waals surface area contributed by atoms with Crippen molar-refractivity contribution in [3.05, 3.63) is 156 Å². The number of carbonyl (C=O) groups is 2. The van der Waals surface area contributed by atoms with Gasteiger partial charge in [-0.25, -0.2) is 4.79 Å². The monoisotopic (exact) mass is 614 g/mol. The normalized spacial score (nSPS) is 10.8. The minimum Gasteiger partial charge on any atom is -1.00 e. The van der Waals surface area contributed by atoms with Crippen LogP contribution in [-0.2, 0) is 0 Å². The molecule has 6 heteroatoms. The molecule has 0 unspecified atom stereocenters. The molecule has 5 aromatic rings. The van der Waals surface area contributed by atoms with Crippen molar-refractivity contribution in [1.82, 2.24) is 0 Å². The summed E-state index contributed by atoms with van der Waals surface area (Å²) in [6, 6.07) is 44.1. The van der Waals surface area contributed by atoms with Crippen molar-refractivity contribution in [3.63, 3.8) is 0 Å². The maximum Gasteiger partial charge on any atom is 0.343 e. The van der Waals surface area contributed by atoms with Gasteiger partial charge in [-0.05, 0) is 66.7 Å². The van der Waals surface area contributed by atoms with Gasteiger partial charge in [0.25, 0.3) is 0 Å². The first-order valence-corrected chi connectivity index (χ1v) is 14.6. The Bertz CT molecular complexity index is 1450. The number of ketones is 1. The summed E-state index contributed by atoms with van der Waals surface area (Å²) in [6.07, 6.45) is 0.210. The lowest BCUT2D eigenvalue weighted by molar-refractivity contribution is -0.0000284. The summed E-state index contributed by atoms with van der Waals surface area (Å²) in [6.45, 7) is 0. The number of carbonyl (C=O) groups excluding carboxylic acids is 2. The highest BCUT2D eigenvalue weighted by molar-refractivity contribution is 7.96. The van der Waals surface area contributed by atoms with E-state index in [9.17, 15) is 9.59 Å². The van der Waals surface area contributed by atoms with Gasteiger partial charge in [0.2, 0.25) is 5.78 Å². The Labute approximate surface area is 244 Å². The summed E-state index contributed by atoms with van der Waals surface area (Å²) in [5.74, 6) is -0.481. The summed E-state index contributed by atoms with van der Waals surface area (Å²) in [5.41, 5.74) is 0.689. The quantitative estimate of drug-likeness (QED) is 0.116. The fourth-order valence-electron chi connectivity index (χ4n) is 4.61. The molecule has 39 heavy (non-hydrogen) atoms. The van der Waals surface area contributed by atoms with E-state index in [1.807, 2.05) is 60.7 Å². The number of Topliss-reactive ketones (excluding diaryl/α,β-unsaturated/α-hetero) is 1. The van der Waals surface area contributed by atoms with Gasteiger partial charge < -0.3 is 21.7 Å². The van der Waals surface area contributed by atoms with Gasteiger partial charge in [-0.3, -0.25) is 4.79 Å². The zero-order valence-corrected chi connectivity index (χ0v) is 24.2. The lowest BCUT2D eigenvalue weighted by atomic mass is 10.1. The van der Waals surface area contributed by atoms with E-state index in [-0.39, 0.29) is 40.2 Å². The van der Waals surface area contributed by atoms with E-state index >= 15 is 0 Å². The van der Waals surface area contributed by atoms with Crippen LogP contribution in [0.4, 0.5) is 0 Å². The second-order valence-corrected chi connectivity index (χ2v) is 12.7. The minimum absolute atomic E-state index is 0. The zero-order valence-electron chi connectivity index (χ0n) is 20.9. The van der Waals surface area contributed by atoms with E-state index in [1.54, 1.807) is 42.5 Å². The summed E-state index contributed by atoms with van der Waals surface area (Å²) < 4.78 is 5.73. The van der Waals surface area contributed by atoms with Gasteiger partial charge in [0.1, 0.15) is 35.1 Å². The molecular formula is C33H25BrClO3P. The van der Waals surface area contributed by atoms with Crippen molar-refractivity contribution in [2.45, 2.75) is 0 Å². The highest BCUT2D eigenvalue weighted by Crippen LogP contribution is 2.55. The first-order valence-electron chi connectivity index (χ1n) is 12.2. The van der Waals surface area contributed by atoms with Crippen LogP contribution < -0.4 is 37.6 Å². The predicted molar refractivity (Wildman–Crippen MR) is 157 cm³/mol. The Balaban J connectivity index is 0.00000353. The highest BCUT2D eigenvalue weighted by atomic mass is 79.9. The second-order valence-electron chi connectivity index (χ2n) is 8.79. The number of ether oxygens (including phenoxy) is 1. The molecule has 0 radical (unpaired) electrons. The van der Waals surface area contributed by atoms with Crippen LogP contribution in [0.25, 0.3) is 0 Å². The van der Waals surface area contributed by atoms with Gasteiger partial charge in [-0.1, -0.05) is 84.4 Å². The lowest BCUT2D eigenvalue weighted by Gasteiger charge is -2.27. The van der Waals surface area contributed by atoms with Crippen LogP contribution >= 0.6 is 18.9 Å². The molecule has 0 saturated carbocycles. The van der Waals surface area contributed by atoms with Crippen LogP contribution in [0.3, 0.4) is 0 Å². The van der Waals surface area contributed by atoms with Crippen molar-refractivity contribution < 1.29 is 31.3 Å². The van der Waals surface area contributed by atoms with Crippen molar-refractivity contribution >= 4 is 46.5 Å². The average molecular weight is 616 g/mol. The number of hydrogen-bond acceptors (Lipinski definition) is 3. The molecule has 0 saturated heterocycles. The molecule has 0 spiro atoms. The van der Waals surface area contributed by atoms with Gasteiger partial charge in [-0.2, -0.15) is 0 Å². The molecule has 0 bridgehead atoms. The van der Waals surface area contributed by atoms with Crippen molar-refractivity contribution in [1.29, 1.82) is 0 Å². The first-order chi connectivity index (χ1) is 18.6. The average Bonchev–Trinajstić information content (AvgIpc) is 2.98. The largest absolute Gasteiger partial charge is 1.00 e. The van der Waals surface area contributed by atoms with E-state index in [1.165, 1.54) is 0 Å². The molecule has 0 N–H and O–H groups in total. The van der Waals surface area contributed by atoms with E-state index in [0.29, 0.717) is 10.6 Å². The number of hydrogen-bond donors (Lipinski definition) is 0. The van der Waals surface area contributed by atoms with Gasteiger partial charge in [0.15, 0.2) is 0 Å². The fourth-order valence-corrected chi connectivity index (χ4v) is 8.87. The van der Waals surface area contributed by atoms with Crippen LogP contribution in [-0.4, -0.2) is 17.9 Å². The summed E-state index contributed by atoms with van der Waals surface area (Å²) in [4.78, 5) is 27.1. The smallest absolute Gasteiger partial charge is 0.343 e. The van der Waals surface area contributed by atoms with Crippen LogP contribution in [0.1, 0.15) is 20.7 Å². The molecule has 0 amide bonds. The van der Waals surface area contributed by atoms with Crippen LogP contribution in [0.15, 0.2) is 140 Å². The molecule has 0 atom stereocenters. The van der Waals surface area contributed by atoms with Crippen molar-refractivity contribution in [3.8, 4) is 5.75 Å².